The lowest BCUT2D eigenvalue weighted by Crippen LogP contribution is -2.15. The molecular formula is C12H14N6O. The second-order valence-electron chi connectivity index (χ2n) is 4.08. The van der Waals surface area contributed by atoms with E-state index >= 15 is 0 Å². The molecule has 2 rings (SSSR count). The van der Waals surface area contributed by atoms with E-state index in [1.807, 2.05) is 13.0 Å². The summed E-state index contributed by atoms with van der Waals surface area (Å²) in [5.41, 5.74) is 1.48. The van der Waals surface area contributed by atoms with Crippen molar-refractivity contribution in [3.8, 4) is 6.07 Å². The number of aryl methyl sites for hydroxylation is 3. The van der Waals surface area contributed by atoms with Crippen LogP contribution in [0.4, 0.5) is 5.82 Å². The number of amides is 1. The Balaban J connectivity index is 2.28. The van der Waals surface area contributed by atoms with Crippen molar-refractivity contribution in [1.29, 1.82) is 5.26 Å². The molecule has 7 nitrogen and oxygen atoms in total. The summed E-state index contributed by atoms with van der Waals surface area (Å²) in [7, 11) is 1.67. The molecule has 0 spiro atoms. The van der Waals surface area contributed by atoms with E-state index in [1.54, 1.807) is 24.9 Å². The molecule has 0 aliphatic carbocycles. The molecule has 19 heavy (non-hydrogen) atoms. The van der Waals surface area contributed by atoms with Crippen LogP contribution < -0.4 is 5.32 Å². The maximum Gasteiger partial charge on any atom is 0.260 e. The lowest BCUT2D eigenvalue weighted by Gasteiger charge is -2.04. The summed E-state index contributed by atoms with van der Waals surface area (Å²) in [4.78, 5) is 12.2. The van der Waals surface area contributed by atoms with Crippen molar-refractivity contribution in [3.63, 3.8) is 0 Å². The van der Waals surface area contributed by atoms with Crippen molar-refractivity contribution in [1.82, 2.24) is 19.6 Å². The van der Waals surface area contributed by atoms with Crippen LogP contribution in [0.25, 0.3) is 0 Å². The van der Waals surface area contributed by atoms with Gasteiger partial charge in [0.05, 0.1) is 17.5 Å². The molecule has 2 heterocycles. The van der Waals surface area contributed by atoms with Gasteiger partial charge in [0.15, 0.2) is 0 Å². The molecule has 0 unspecified atom stereocenters. The van der Waals surface area contributed by atoms with Crippen molar-refractivity contribution in [2.45, 2.75) is 20.4 Å². The Labute approximate surface area is 110 Å². The molecule has 0 radical (unpaired) electrons. The zero-order valence-electron chi connectivity index (χ0n) is 11.0. The van der Waals surface area contributed by atoms with Gasteiger partial charge in [0, 0.05) is 19.8 Å². The second kappa shape index (κ2) is 4.94. The van der Waals surface area contributed by atoms with Gasteiger partial charge >= 0.3 is 0 Å². The van der Waals surface area contributed by atoms with E-state index in [2.05, 4.69) is 15.5 Å². The SMILES string of the molecule is CCn1cc(C(=O)Nc2c(C#N)cnn2C)c(C)n1. The number of hydrogen-bond acceptors (Lipinski definition) is 4. The van der Waals surface area contributed by atoms with Crippen LogP contribution in [-0.2, 0) is 13.6 Å². The van der Waals surface area contributed by atoms with Crippen molar-refractivity contribution < 1.29 is 4.79 Å². The van der Waals surface area contributed by atoms with Gasteiger partial charge in [0.2, 0.25) is 0 Å². The molecule has 0 aliphatic heterocycles. The average molecular weight is 258 g/mol. The smallest absolute Gasteiger partial charge is 0.260 e. The molecule has 7 heteroatoms. The first-order chi connectivity index (χ1) is 9.06. The number of nitriles is 1. The summed E-state index contributed by atoms with van der Waals surface area (Å²) in [5.74, 6) is 0.0912. The fraction of sp³-hybridized carbons (Fsp3) is 0.333. The van der Waals surface area contributed by atoms with Gasteiger partial charge in [-0.2, -0.15) is 15.5 Å². The van der Waals surface area contributed by atoms with E-state index in [9.17, 15) is 4.79 Å². The van der Waals surface area contributed by atoms with Gasteiger partial charge in [-0.15, -0.1) is 0 Å². The number of rotatable bonds is 3. The van der Waals surface area contributed by atoms with Gasteiger partial charge < -0.3 is 5.32 Å². The Morgan fingerprint density at radius 2 is 2.32 bits per heavy atom. The number of aromatic nitrogens is 4. The summed E-state index contributed by atoms with van der Waals surface area (Å²) in [5, 5.41) is 19.8. The molecule has 2 aromatic rings. The number of nitrogens with one attached hydrogen (secondary N) is 1. The summed E-state index contributed by atoms with van der Waals surface area (Å²) < 4.78 is 3.15. The van der Waals surface area contributed by atoms with Gasteiger partial charge in [-0.05, 0) is 13.8 Å². The molecule has 2 aromatic heterocycles. The normalized spacial score (nSPS) is 10.2. The Kier molecular flexibility index (Phi) is 3.33. The van der Waals surface area contributed by atoms with Gasteiger partial charge in [0.1, 0.15) is 17.5 Å². The third-order valence-corrected chi connectivity index (χ3v) is 2.81. The lowest BCUT2D eigenvalue weighted by molar-refractivity contribution is 0.102. The summed E-state index contributed by atoms with van der Waals surface area (Å²) in [6.45, 7) is 4.42. The fourth-order valence-corrected chi connectivity index (χ4v) is 1.75. The molecule has 0 saturated heterocycles. The zero-order valence-corrected chi connectivity index (χ0v) is 11.0. The summed E-state index contributed by atoms with van der Waals surface area (Å²) in [6, 6.07) is 1.99. The first-order valence-electron chi connectivity index (χ1n) is 5.84. The van der Waals surface area contributed by atoms with E-state index in [1.165, 1.54) is 10.9 Å². The Bertz CT molecular complexity index is 660. The molecular weight excluding hydrogens is 244 g/mol. The van der Waals surface area contributed by atoms with Crippen molar-refractivity contribution in [2.75, 3.05) is 5.32 Å². The third kappa shape index (κ3) is 2.33. The topological polar surface area (TPSA) is 88.5 Å². The average Bonchev–Trinajstić information content (AvgIpc) is 2.94. The van der Waals surface area contributed by atoms with Crippen LogP contribution in [0.15, 0.2) is 12.4 Å². The molecule has 98 valence electrons. The predicted molar refractivity (Wildman–Crippen MR) is 68.5 cm³/mol. The zero-order chi connectivity index (χ0) is 14.0. The minimum absolute atomic E-state index is 0.294. The highest BCUT2D eigenvalue weighted by atomic mass is 16.1. The highest BCUT2D eigenvalue weighted by molar-refractivity contribution is 6.05. The summed E-state index contributed by atoms with van der Waals surface area (Å²) >= 11 is 0. The van der Waals surface area contributed by atoms with Gasteiger partial charge in [0.25, 0.3) is 5.91 Å². The number of nitrogens with zero attached hydrogens (tertiary/aromatic N) is 5. The Hall–Kier alpha value is -2.62. The van der Waals surface area contributed by atoms with E-state index < -0.39 is 0 Å². The first-order valence-corrected chi connectivity index (χ1v) is 5.84. The maximum atomic E-state index is 12.2. The minimum Gasteiger partial charge on any atom is -0.306 e. The van der Waals surface area contributed by atoms with Crippen LogP contribution in [0.5, 0.6) is 0 Å². The standard InChI is InChI=1S/C12H14N6O/c1-4-18-7-10(8(2)16-18)12(19)15-11-9(5-13)6-14-17(11)3/h6-7H,4H2,1-3H3,(H,15,19). The summed E-state index contributed by atoms with van der Waals surface area (Å²) in [6.07, 6.45) is 3.10. The number of carbonyl (C=O) groups excluding carboxylic acids is 1. The van der Waals surface area contributed by atoms with Gasteiger partial charge in [-0.25, -0.2) is 0 Å². The molecule has 0 atom stereocenters. The van der Waals surface area contributed by atoms with E-state index in [0.717, 1.165) is 0 Å². The maximum absolute atomic E-state index is 12.2. The molecule has 0 bridgehead atoms. The van der Waals surface area contributed by atoms with E-state index in [-0.39, 0.29) is 5.91 Å². The van der Waals surface area contributed by atoms with Gasteiger partial charge in [-0.3, -0.25) is 14.2 Å². The fourth-order valence-electron chi connectivity index (χ4n) is 1.75. The molecule has 0 aliphatic rings. The highest BCUT2D eigenvalue weighted by Crippen LogP contribution is 2.15. The van der Waals surface area contributed by atoms with Crippen LogP contribution in [-0.4, -0.2) is 25.5 Å². The van der Waals surface area contributed by atoms with Crippen molar-refractivity contribution >= 4 is 11.7 Å². The van der Waals surface area contributed by atoms with Crippen molar-refractivity contribution in [2.24, 2.45) is 7.05 Å². The van der Waals surface area contributed by atoms with E-state index in [4.69, 9.17) is 5.26 Å². The van der Waals surface area contributed by atoms with E-state index in [0.29, 0.717) is 29.2 Å². The largest absolute Gasteiger partial charge is 0.306 e. The van der Waals surface area contributed by atoms with Gasteiger partial charge in [-0.1, -0.05) is 0 Å². The van der Waals surface area contributed by atoms with Crippen LogP contribution in [0.1, 0.15) is 28.5 Å². The third-order valence-electron chi connectivity index (χ3n) is 2.81. The Morgan fingerprint density at radius 1 is 1.58 bits per heavy atom. The Morgan fingerprint density at radius 3 is 2.89 bits per heavy atom. The van der Waals surface area contributed by atoms with Crippen LogP contribution in [0.2, 0.25) is 0 Å². The van der Waals surface area contributed by atoms with Crippen LogP contribution in [0, 0.1) is 18.3 Å². The van der Waals surface area contributed by atoms with Crippen molar-refractivity contribution in [3.05, 3.63) is 29.2 Å². The van der Waals surface area contributed by atoms with Crippen LogP contribution in [0.3, 0.4) is 0 Å². The van der Waals surface area contributed by atoms with Crippen LogP contribution >= 0.6 is 0 Å². The number of hydrogen-bond donors (Lipinski definition) is 1. The highest BCUT2D eigenvalue weighted by Gasteiger charge is 2.17. The molecule has 0 saturated carbocycles. The number of anilines is 1. The monoisotopic (exact) mass is 258 g/mol. The molecule has 1 amide bonds. The predicted octanol–water partition coefficient (Wildman–Crippen LogP) is 1.07. The molecule has 0 aromatic carbocycles. The second-order valence-corrected chi connectivity index (χ2v) is 4.08. The quantitative estimate of drug-likeness (QED) is 0.891. The molecule has 0 fully saturated rings. The first kappa shape index (κ1) is 12.8. The molecule has 1 N–H and O–H groups in total. The minimum atomic E-state index is -0.294. The number of carbonyl (C=O) groups is 1. The lowest BCUT2D eigenvalue weighted by atomic mass is 10.2.